The third-order valence-electron chi connectivity index (χ3n) is 3.11. The van der Waals surface area contributed by atoms with Crippen LogP contribution in [0.3, 0.4) is 0 Å². The smallest absolute Gasteiger partial charge is 0.0976 e. The molecule has 17 heavy (non-hydrogen) atoms. The molecule has 0 amide bonds. The largest absolute Gasteiger partial charge is 0.197 e. The highest BCUT2D eigenvalue weighted by molar-refractivity contribution is 7.98. The van der Waals surface area contributed by atoms with E-state index < -0.39 is 0 Å². The number of nitrogens with zero attached hydrogens (tertiary/aromatic N) is 1. The van der Waals surface area contributed by atoms with Gasteiger partial charge in [-0.1, -0.05) is 42.5 Å². The maximum atomic E-state index is 9.45. The van der Waals surface area contributed by atoms with Crippen molar-refractivity contribution in [2.75, 3.05) is 0 Å². The second kappa shape index (κ2) is 4.27. The molecule has 2 aromatic rings. The monoisotopic (exact) mass is 237 g/mol. The number of rotatable bonds is 0. The summed E-state index contributed by atoms with van der Waals surface area (Å²) < 4.78 is 0. The molecule has 82 valence electrons. The molecule has 3 rings (SSSR count). The quantitative estimate of drug-likeness (QED) is 0.692. The van der Waals surface area contributed by atoms with Crippen LogP contribution < -0.4 is 0 Å². The maximum Gasteiger partial charge on any atom is 0.0976 e. The Kier molecular flexibility index (Phi) is 2.62. The molecule has 0 saturated heterocycles. The van der Waals surface area contributed by atoms with E-state index in [-0.39, 0.29) is 5.92 Å². The van der Waals surface area contributed by atoms with Gasteiger partial charge in [-0.3, -0.25) is 0 Å². The van der Waals surface area contributed by atoms with Gasteiger partial charge in [0.25, 0.3) is 0 Å². The minimum absolute atomic E-state index is 0.127. The highest BCUT2D eigenvalue weighted by atomic mass is 32.2. The third kappa shape index (κ3) is 1.73. The van der Waals surface area contributed by atoms with E-state index in [1.54, 1.807) is 0 Å². The number of benzene rings is 2. The van der Waals surface area contributed by atoms with Crippen LogP contribution in [-0.4, -0.2) is 0 Å². The maximum absolute atomic E-state index is 9.45. The number of thioether (sulfide) groups is 1. The lowest BCUT2D eigenvalue weighted by atomic mass is 9.90. The fourth-order valence-corrected chi connectivity index (χ4v) is 3.36. The standard InChI is InChI=1S/C15H11NS/c16-9-14-12-6-2-1-5-11(12)10-17-15-8-4-3-7-13(14)15/h1-8,14H,10H2/t14-/m1/s1. The van der Waals surface area contributed by atoms with E-state index in [1.165, 1.54) is 10.5 Å². The molecule has 0 aromatic heterocycles. The highest BCUT2D eigenvalue weighted by Crippen LogP contribution is 2.39. The Bertz CT molecular complexity index is 550. The Morgan fingerprint density at radius 3 is 2.53 bits per heavy atom. The molecule has 1 nitrogen and oxygen atoms in total. The zero-order chi connectivity index (χ0) is 11.7. The molecule has 2 heteroatoms. The Morgan fingerprint density at radius 1 is 1.00 bits per heavy atom. The van der Waals surface area contributed by atoms with Crippen LogP contribution in [0.4, 0.5) is 0 Å². The lowest BCUT2D eigenvalue weighted by Gasteiger charge is -2.11. The molecule has 0 N–H and O–H groups in total. The molecule has 1 aliphatic rings. The first-order chi connectivity index (χ1) is 8.40. The Balaban J connectivity index is 2.23. The van der Waals surface area contributed by atoms with Gasteiger partial charge < -0.3 is 0 Å². The van der Waals surface area contributed by atoms with Crippen molar-refractivity contribution in [3.8, 4) is 6.07 Å². The first kappa shape index (κ1) is 10.4. The highest BCUT2D eigenvalue weighted by Gasteiger charge is 2.22. The summed E-state index contributed by atoms with van der Waals surface area (Å²) in [5, 5.41) is 9.45. The van der Waals surface area contributed by atoms with E-state index in [2.05, 4.69) is 30.3 Å². The van der Waals surface area contributed by atoms with Gasteiger partial charge in [-0.2, -0.15) is 5.26 Å². The molecule has 0 bridgehead atoms. The number of fused-ring (bicyclic) bond motifs is 2. The summed E-state index contributed by atoms with van der Waals surface area (Å²) in [5.74, 6) is 0.822. The topological polar surface area (TPSA) is 23.8 Å². The van der Waals surface area contributed by atoms with Crippen LogP contribution in [0, 0.1) is 11.3 Å². The zero-order valence-corrected chi connectivity index (χ0v) is 10.1. The van der Waals surface area contributed by atoms with Crippen LogP contribution >= 0.6 is 11.8 Å². The van der Waals surface area contributed by atoms with Crippen molar-refractivity contribution in [2.24, 2.45) is 0 Å². The summed E-state index contributed by atoms with van der Waals surface area (Å²) in [6.45, 7) is 0. The minimum Gasteiger partial charge on any atom is -0.197 e. The summed E-state index contributed by atoms with van der Waals surface area (Å²) >= 11 is 1.82. The van der Waals surface area contributed by atoms with Crippen molar-refractivity contribution in [3.63, 3.8) is 0 Å². The first-order valence-electron chi connectivity index (χ1n) is 5.59. The van der Waals surface area contributed by atoms with Gasteiger partial charge in [-0.05, 0) is 22.8 Å². The van der Waals surface area contributed by atoms with E-state index in [0.29, 0.717) is 0 Å². The van der Waals surface area contributed by atoms with E-state index in [1.807, 2.05) is 36.0 Å². The van der Waals surface area contributed by atoms with Gasteiger partial charge in [0.1, 0.15) is 0 Å². The fourth-order valence-electron chi connectivity index (χ4n) is 2.26. The summed E-state index contributed by atoms with van der Waals surface area (Å²) in [7, 11) is 0. The lowest BCUT2D eigenvalue weighted by Crippen LogP contribution is -2.00. The number of nitriles is 1. The van der Waals surface area contributed by atoms with Crippen molar-refractivity contribution in [3.05, 3.63) is 65.2 Å². The molecule has 1 aliphatic heterocycles. The molecule has 2 aromatic carbocycles. The van der Waals surface area contributed by atoms with E-state index in [9.17, 15) is 5.26 Å². The summed E-state index contributed by atoms with van der Waals surface area (Å²) in [6, 6.07) is 18.9. The molecular formula is C15H11NS. The van der Waals surface area contributed by atoms with Crippen molar-refractivity contribution in [1.82, 2.24) is 0 Å². The number of hydrogen-bond donors (Lipinski definition) is 0. The van der Waals surface area contributed by atoms with Crippen LogP contribution in [0.5, 0.6) is 0 Å². The van der Waals surface area contributed by atoms with Crippen LogP contribution in [0.15, 0.2) is 53.4 Å². The predicted molar refractivity (Wildman–Crippen MR) is 69.9 cm³/mol. The second-order valence-electron chi connectivity index (χ2n) is 4.09. The van der Waals surface area contributed by atoms with Gasteiger partial charge in [0, 0.05) is 10.6 Å². The average Bonchev–Trinajstić information content (AvgIpc) is 2.55. The molecule has 0 radical (unpaired) electrons. The molecule has 1 atom stereocenters. The van der Waals surface area contributed by atoms with Crippen molar-refractivity contribution in [1.29, 1.82) is 5.26 Å². The lowest BCUT2D eigenvalue weighted by molar-refractivity contribution is 0.993. The van der Waals surface area contributed by atoms with Crippen LogP contribution in [0.25, 0.3) is 0 Å². The summed E-state index contributed by atoms with van der Waals surface area (Å²) in [4.78, 5) is 1.23. The molecule has 0 unspecified atom stereocenters. The molecule has 0 aliphatic carbocycles. The van der Waals surface area contributed by atoms with Crippen molar-refractivity contribution in [2.45, 2.75) is 16.6 Å². The number of hydrogen-bond acceptors (Lipinski definition) is 2. The van der Waals surface area contributed by atoms with E-state index in [0.717, 1.165) is 16.9 Å². The summed E-state index contributed by atoms with van der Waals surface area (Å²) in [6.07, 6.45) is 0. The van der Waals surface area contributed by atoms with Gasteiger partial charge in [-0.25, -0.2) is 0 Å². The van der Waals surface area contributed by atoms with Gasteiger partial charge in [0.15, 0.2) is 0 Å². The summed E-state index contributed by atoms with van der Waals surface area (Å²) in [5.41, 5.74) is 3.58. The molecule has 1 heterocycles. The van der Waals surface area contributed by atoms with E-state index in [4.69, 9.17) is 0 Å². The first-order valence-corrected chi connectivity index (χ1v) is 6.58. The molecule has 0 fully saturated rings. The van der Waals surface area contributed by atoms with Gasteiger partial charge in [0.2, 0.25) is 0 Å². The second-order valence-corrected chi connectivity index (χ2v) is 5.10. The Labute approximate surface area is 105 Å². The Morgan fingerprint density at radius 2 is 1.71 bits per heavy atom. The van der Waals surface area contributed by atoms with Crippen molar-refractivity contribution < 1.29 is 0 Å². The third-order valence-corrected chi connectivity index (χ3v) is 4.25. The average molecular weight is 237 g/mol. The Hall–Kier alpha value is -1.72. The fraction of sp³-hybridized carbons (Fsp3) is 0.133. The van der Waals surface area contributed by atoms with Crippen LogP contribution in [0.1, 0.15) is 22.6 Å². The zero-order valence-electron chi connectivity index (χ0n) is 9.26. The SMILES string of the molecule is N#C[C@@H]1c2ccccc2CSc2ccccc21. The normalized spacial score (nSPS) is 17.5. The predicted octanol–water partition coefficient (Wildman–Crippen LogP) is 3.95. The molecule has 0 spiro atoms. The van der Waals surface area contributed by atoms with E-state index >= 15 is 0 Å². The molecule has 0 saturated carbocycles. The van der Waals surface area contributed by atoms with Crippen LogP contribution in [0.2, 0.25) is 0 Å². The minimum atomic E-state index is -0.127. The van der Waals surface area contributed by atoms with Gasteiger partial charge in [0.05, 0.1) is 12.0 Å². The van der Waals surface area contributed by atoms with Crippen molar-refractivity contribution >= 4 is 11.8 Å². The van der Waals surface area contributed by atoms with Gasteiger partial charge >= 0.3 is 0 Å². The van der Waals surface area contributed by atoms with Crippen LogP contribution in [-0.2, 0) is 5.75 Å². The molecular weight excluding hydrogens is 226 g/mol. The van der Waals surface area contributed by atoms with Gasteiger partial charge in [-0.15, -0.1) is 11.8 Å².